The molecule has 2 rings (SSSR count). The maximum Gasteiger partial charge on any atom is 0.128 e. The van der Waals surface area contributed by atoms with E-state index in [4.69, 9.17) is 5.11 Å². The number of hydrogen-bond acceptors (Lipinski definition) is 3. The van der Waals surface area contributed by atoms with Crippen molar-refractivity contribution in [2.75, 3.05) is 6.61 Å². The van der Waals surface area contributed by atoms with Crippen LogP contribution in [0.15, 0.2) is 41.9 Å². The van der Waals surface area contributed by atoms with E-state index in [-0.39, 0.29) is 6.61 Å². The van der Waals surface area contributed by atoms with Crippen LogP contribution in [0.5, 0.6) is 0 Å². The van der Waals surface area contributed by atoms with Crippen LogP contribution in [0.1, 0.15) is 5.56 Å². The SMILES string of the molecule is OC/C=C(\F)c1ccc(-c2nccs2)cc1. The molecule has 2 aromatic rings. The molecule has 0 unspecified atom stereocenters. The highest BCUT2D eigenvalue weighted by molar-refractivity contribution is 7.13. The van der Waals surface area contributed by atoms with Crippen molar-refractivity contribution in [2.45, 2.75) is 0 Å². The molecule has 0 aliphatic carbocycles. The molecule has 0 fully saturated rings. The number of rotatable bonds is 3. The molecule has 82 valence electrons. The third-order valence-corrected chi connectivity index (χ3v) is 2.93. The number of hydrogen-bond donors (Lipinski definition) is 1. The van der Waals surface area contributed by atoms with Crippen LogP contribution in [0.4, 0.5) is 4.39 Å². The van der Waals surface area contributed by atoms with E-state index in [1.165, 1.54) is 0 Å². The Morgan fingerprint density at radius 2 is 2.12 bits per heavy atom. The summed E-state index contributed by atoms with van der Waals surface area (Å²) in [4.78, 5) is 4.17. The van der Waals surface area contributed by atoms with Gasteiger partial charge in [-0.05, 0) is 6.08 Å². The smallest absolute Gasteiger partial charge is 0.128 e. The van der Waals surface area contributed by atoms with Crippen molar-refractivity contribution in [1.29, 1.82) is 0 Å². The molecule has 1 aromatic heterocycles. The Hall–Kier alpha value is -1.52. The summed E-state index contributed by atoms with van der Waals surface area (Å²) in [6.45, 7) is -0.292. The van der Waals surface area contributed by atoms with E-state index in [1.807, 2.05) is 17.5 Å². The quantitative estimate of drug-likeness (QED) is 0.886. The lowest BCUT2D eigenvalue weighted by Crippen LogP contribution is -1.82. The fraction of sp³-hybridized carbons (Fsp3) is 0.0833. The van der Waals surface area contributed by atoms with Crippen molar-refractivity contribution in [3.63, 3.8) is 0 Å². The topological polar surface area (TPSA) is 33.1 Å². The van der Waals surface area contributed by atoms with Gasteiger partial charge in [0.05, 0.1) is 6.61 Å². The molecule has 1 aromatic carbocycles. The Morgan fingerprint density at radius 1 is 1.38 bits per heavy atom. The van der Waals surface area contributed by atoms with Gasteiger partial charge in [0.25, 0.3) is 0 Å². The highest BCUT2D eigenvalue weighted by Gasteiger charge is 2.02. The number of aromatic nitrogens is 1. The van der Waals surface area contributed by atoms with Crippen LogP contribution >= 0.6 is 11.3 Å². The molecule has 4 heteroatoms. The maximum atomic E-state index is 13.3. The second kappa shape index (κ2) is 5.01. The van der Waals surface area contributed by atoms with E-state index >= 15 is 0 Å². The molecule has 0 saturated heterocycles. The van der Waals surface area contributed by atoms with Gasteiger partial charge in [-0.15, -0.1) is 11.3 Å². The minimum absolute atomic E-state index is 0.292. The summed E-state index contributed by atoms with van der Waals surface area (Å²) in [6, 6.07) is 6.99. The number of thiazole rings is 1. The fourth-order valence-electron chi connectivity index (χ4n) is 1.34. The largest absolute Gasteiger partial charge is 0.392 e. The molecule has 2 nitrogen and oxygen atoms in total. The van der Waals surface area contributed by atoms with Gasteiger partial charge < -0.3 is 5.11 Å². The molecule has 16 heavy (non-hydrogen) atoms. The van der Waals surface area contributed by atoms with E-state index in [2.05, 4.69) is 4.98 Å². The Kier molecular flexibility index (Phi) is 3.44. The van der Waals surface area contributed by atoms with Crippen molar-refractivity contribution < 1.29 is 9.50 Å². The number of benzene rings is 1. The van der Waals surface area contributed by atoms with Crippen LogP contribution in [0.3, 0.4) is 0 Å². The summed E-state index contributed by atoms with van der Waals surface area (Å²) >= 11 is 1.54. The standard InChI is InChI=1S/C12H10FNOS/c13-11(5-7-15)9-1-3-10(4-2-9)12-14-6-8-16-12/h1-6,8,15H,7H2/b11-5-. The third kappa shape index (κ3) is 2.35. The first-order valence-corrected chi connectivity index (χ1v) is 5.66. The molecular formula is C12H10FNOS. The first-order valence-electron chi connectivity index (χ1n) is 4.78. The molecule has 0 aliphatic heterocycles. The molecule has 0 spiro atoms. The Bertz CT molecular complexity index is 476. The first kappa shape index (κ1) is 11.0. The molecule has 0 amide bonds. The lowest BCUT2D eigenvalue weighted by Gasteiger charge is -1.99. The van der Waals surface area contributed by atoms with E-state index in [9.17, 15) is 4.39 Å². The van der Waals surface area contributed by atoms with Gasteiger partial charge in [-0.1, -0.05) is 24.3 Å². The van der Waals surface area contributed by atoms with Crippen molar-refractivity contribution in [1.82, 2.24) is 4.98 Å². The van der Waals surface area contributed by atoms with Gasteiger partial charge in [-0.25, -0.2) is 9.37 Å². The van der Waals surface area contributed by atoms with Gasteiger partial charge in [0.1, 0.15) is 10.8 Å². The molecular weight excluding hydrogens is 225 g/mol. The monoisotopic (exact) mass is 235 g/mol. The summed E-state index contributed by atoms with van der Waals surface area (Å²) in [5, 5.41) is 11.4. The minimum atomic E-state index is -0.409. The number of aliphatic hydroxyl groups is 1. The first-order chi connectivity index (χ1) is 7.81. The molecule has 0 bridgehead atoms. The summed E-state index contributed by atoms with van der Waals surface area (Å²) in [5.41, 5.74) is 1.44. The van der Waals surface area contributed by atoms with Gasteiger partial charge in [-0.3, -0.25) is 0 Å². The highest BCUT2D eigenvalue weighted by atomic mass is 32.1. The molecule has 0 radical (unpaired) electrons. The van der Waals surface area contributed by atoms with Crippen LogP contribution in [0.2, 0.25) is 0 Å². The van der Waals surface area contributed by atoms with Crippen LogP contribution in [-0.2, 0) is 0 Å². The average molecular weight is 235 g/mol. The van der Waals surface area contributed by atoms with Crippen molar-refractivity contribution in [2.24, 2.45) is 0 Å². The zero-order chi connectivity index (χ0) is 11.4. The van der Waals surface area contributed by atoms with E-state index in [0.29, 0.717) is 5.56 Å². The normalized spacial score (nSPS) is 11.8. The minimum Gasteiger partial charge on any atom is -0.392 e. The molecule has 0 atom stereocenters. The van der Waals surface area contributed by atoms with Gasteiger partial charge in [0, 0.05) is 22.7 Å². The Balaban J connectivity index is 2.26. The van der Waals surface area contributed by atoms with E-state index in [0.717, 1.165) is 16.6 Å². The molecule has 1 N–H and O–H groups in total. The predicted molar refractivity (Wildman–Crippen MR) is 63.7 cm³/mol. The van der Waals surface area contributed by atoms with Gasteiger partial charge in [0.2, 0.25) is 0 Å². The molecule has 1 heterocycles. The van der Waals surface area contributed by atoms with Crippen LogP contribution in [-0.4, -0.2) is 16.7 Å². The zero-order valence-electron chi connectivity index (χ0n) is 8.43. The van der Waals surface area contributed by atoms with Crippen molar-refractivity contribution >= 4 is 17.2 Å². The summed E-state index contributed by atoms with van der Waals surface area (Å²) < 4.78 is 13.3. The molecule has 0 aliphatic rings. The number of halogens is 1. The van der Waals surface area contributed by atoms with Crippen LogP contribution < -0.4 is 0 Å². The van der Waals surface area contributed by atoms with Gasteiger partial charge >= 0.3 is 0 Å². The number of nitrogens with zero attached hydrogens (tertiary/aromatic N) is 1. The number of aliphatic hydroxyl groups excluding tert-OH is 1. The van der Waals surface area contributed by atoms with E-state index in [1.54, 1.807) is 29.7 Å². The summed E-state index contributed by atoms with van der Waals surface area (Å²) in [5.74, 6) is -0.409. The predicted octanol–water partition coefficient (Wildman–Crippen LogP) is 3.11. The second-order valence-electron chi connectivity index (χ2n) is 3.15. The van der Waals surface area contributed by atoms with E-state index < -0.39 is 5.83 Å². The highest BCUT2D eigenvalue weighted by Crippen LogP contribution is 2.24. The maximum absolute atomic E-state index is 13.3. The molecule has 0 saturated carbocycles. The van der Waals surface area contributed by atoms with Gasteiger partial charge in [-0.2, -0.15) is 0 Å². The second-order valence-corrected chi connectivity index (χ2v) is 4.04. The van der Waals surface area contributed by atoms with Crippen molar-refractivity contribution in [3.05, 3.63) is 47.5 Å². The Labute approximate surface area is 96.7 Å². The lowest BCUT2D eigenvalue weighted by molar-refractivity contribution is 0.342. The lowest BCUT2D eigenvalue weighted by atomic mass is 10.1. The summed E-state index contributed by atoms with van der Waals surface area (Å²) in [6.07, 6.45) is 2.87. The fourth-order valence-corrected chi connectivity index (χ4v) is 1.98. The Morgan fingerprint density at radius 3 is 2.69 bits per heavy atom. The third-order valence-electron chi connectivity index (χ3n) is 2.11. The van der Waals surface area contributed by atoms with Crippen molar-refractivity contribution in [3.8, 4) is 10.6 Å². The van der Waals surface area contributed by atoms with Crippen LogP contribution in [0.25, 0.3) is 16.4 Å². The average Bonchev–Trinajstić information content (AvgIpc) is 2.83. The van der Waals surface area contributed by atoms with Gasteiger partial charge in [0.15, 0.2) is 0 Å². The zero-order valence-corrected chi connectivity index (χ0v) is 9.25. The summed E-state index contributed by atoms with van der Waals surface area (Å²) in [7, 11) is 0. The van der Waals surface area contributed by atoms with Crippen LogP contribution in [0, 0.1) is 0 Å².